The number of nitrogens with zero attached hydrogens (tertiary/aromatic N) is 4. The van der Waals surface area contributed by atoms with Crippen molar-refractivity contribution in [1.29, 1.82) is 5.26 Å². The van der Waals surface area contributed by atoms with Gasteiger partial charge in [0.15, 0.2) is 12.2 Å². The highest BCUT2D eigenvalue weighted by atomic mass is 32.1. The number of carbonyl (C=O) groups excluding carboxylic acids is 1. The average molecular weight is 517 g/mol. The molecule has 1 aliphatic rings. The van der Waals surface area contributed by atoms with Gasteiger partial charge in [0.25, 0.3) is 0 Å². The molecule has 0 saturated carbocycles. The van der Waals surface area contributed by atoms with Crippen LogP contribution in [-0.2, 0) is 16.1 Å². The van der Waals surface area contributed by atoms with Gasteiger partial charge >= 0.3 is 5.97 Å². The number of pyridine rings is 1. The van der Waals surface area contributed by atoms with Crippen LogP contribution >= 0.6 is 11.3 Å². The van der Waals surface area contributed by atoms with Gasteiger partial charge in [-0.25, -0.2) is 14.8 Å². The summed E-state index contributed by atoms with van der Waals surface area (Å²) in [4.78, 5) is 23.7. The van der Waals surface area contributed by atoms with Gasteiger partial charge < -0.3 is 23.5 Å². The summed E-state index contributed by atoms with van der Waals surface area (Å²) >= 11 is 1.27. The highest BCUT2D eigenvalue weighted by molar-refractivity contribution is 7.12. The normalized spacial score (nSPS) is 13.3. The van der Waals surface area contributed by atoms with Crippen molar-refractivity contribution in [2.75, 3.05) is 38.3 Å². The van der Waals surface area contributed by atoms with Crippen LogP contribution in [0.2, 0.25) is 0 Å². The van der Waals surface area contributed by atoms with E-state index in [1.807, 2.05) is 25.1 Å². The molecule has 0 atom stereocenters. The molecule has 3 aromatic heterocycles. The number of carbonyl (C=O) groups is 1. The molecular weight excluding hydrogens is 492 g/mol. The minimum Gasteiger partial charge on any atom is -0.472 e. The first kappa shape index (κ1) is 24.5. The largest absolute Gasteiger partial charge is 0.472 e. The standard InChI is InChI=1S/C27H24N4O5S/c1-17-24(36-16-29-17)21-13-23(18-3-5-20(6-4-18)31-8-10-34-11-9-31)30-26(22(21)14-28)35-15-19-7-12-37-25(19)27(32)33-2/h3-7,12-13,16H,8-11,15H2,1-2H3. The number of anilines is 1. The van der Waals surface area contributed by atoms with Crippen molar-refractivity contribution >= 4 is 23.0 Å². The third kappa shape index (κ3) is 5.05. The molecule has 0 amide bonds. The Morgan fingerprint density at radius 3 is 2.68 bits per heavy atom. The van der Waals surface area contributed by atoms with Crippen LogP contribution in [0.3, 0.4) is 0 Å². The molecule has 0 unspecified atom stereocenters. The number of aromatic nitrogens is 2. The Morgan fingerprint density at radius 1 is 1.22 bits per heavy atom. The second kappa shape index (κ2) is 10.8. The predicted molar refractivity (Wildman–Crippen MR) is 138 cm³/mol. The minimum absolute atomic E-state index is 0.0455. The van der Waals surface area contributed by atoms with Crippen molar-refractivity contribution in [1.82, 2.24) is 9.97 Å². The maximum atomic E-state index is 12.1. The summed E-state index contributed by atoms with van der Waals surface area (Å²) in [5, 5.41) is 11.8. The lowest BCUT2D eigenvalue weighted by Crippen LogP contribution is -2.36. The summed E-state index contributed by atoms with van der Waals surface area (Å²) in [7, 11) is 1.34. The Bertz CT molecular complexity index is 1450. The third-order valence-corrected chi connectivity index (χ3v) is 7.05. The SMILES string of the molecule is COC(=O)c1sccc1COc1nc(-c2ccc(N3CCOCC3)cc2)cc(-c2ocnc2C)c1C#N. The first-order valence-electron chi connectivity index (χ1n) is 11.6. The zero-order valence-electron chi connectivity index (χ0n) is 20.4. The van der Waals surface area contributed by atoms with E-state index in [0.29, 0.717) is 46.4 Å². The zero-order chi connectivity index (χ0) is 25.8. The number of oxazole rings is 1. The van der Waals surface area contributed by atoms with E-state index < -0.39 is 5.97 Å². The number of benzene rings is 1. The number of hydrogen-bond donors (Lipinski definition) is 0. The number of nitriles is 1. The molecule has 1 aromatic carbocycles. The van der Waals surface area contributed by atoms with Gasteiger partial charge in [0.2, 0.25) is 5.88 Å². The fourth-order valence-electron chi connectivity index (χ4n) is 4.15. The van der Waals surface area contributed by atoms with Crippen LogP contribution in [0.5, 0.6) is 5.88 Å². The van der Waals surface area contributed by atoms with Crippen LogP contribution in [0.25, 0.3) is 22.6 Å². The number of hydrogen-bond acceptors (Lipinski definition) is 10. The van der Waals surface area contributed by atoms with Gasteiger partial charge in [-0.1, -0.05) is 12.1 Å². The molecule has 0 bridgehead atoms. The predicted octanol–water partition coefficient (Wildman–Crippen LogP) is 4.85. The quantitative estimate of drug-likeness (QED) is 0.318. The highest BCUT2D eigenvalue weighted by Crippen LogP contribution is 2.36. The van der Waals surface area contributed by atoms with Gasteiger partial charge in [0.1, 0.15) is 23.1 Å². The minimum atomic E-state index is -0.436. The maximum absolute atomic E-state index is 12.1. The summed E-state index contributed by atoms with van der Waals surface area (Å²) < 4.78 is 22.0. The van der Waals surface area contributed by atoms with Crippen LogP contribution in [0.15, 0.2) is 52.6 Å². The Balaban J connectivity index is 1.53. The molecule has 1 fully saturated rings. The van der Waals surface area contributed by atoms with Crippen molar-refractivity contribution in [2.45, 2.75) is 13.5 Å². The Morgan fingerprint density at radius 2 is 2.00 bits per heavy atom. The molecule has 1 aliphatic heterocycles. The van der Waals surface area contributed by atoms with Gasteiger partial charge in [0.05, 0.1) is 31.7 Å². The van der Waals surface area contributed by atoms with E-state index in [1.54, 1.807) is 11.4 Å². The van der Waals surface area contributed by atoms with Gasteiger partial charge in [-0.15, -0.1) is 11.3 Å². The first-order valence-corrected chi connectivity index (χ1v) is 12.5. The fourth-order valence-corrected chi connectivity index (χ4v) is 4.98. The Kier molecular flexibility index (Phi) is 7.16. The fraction of sp³-hybridized carbons (Fsp3) is 0.259. The number of thiophene rings is 1. The molecule has 0 radical (unpaired) electrons. The summed E-state index contributed by atoms with van der Waals surface area (Å²) in [6, 6.07) is 13.9. The molecule has 0 aliphatic carbocycles. The summed E-state index contributed by atoms with van der Waals surface area (Å²) in [6.07, 6.45) is 1.34. The summed E-state index contributed by atoms with van der Waals surface area (Å²) in [6.45, 7) is 4.97. The molecule has 4 aromatic rings. The Labute approximate surface area is 217 Å². The Hall–Kier alpha value is -4.20. The topological polar surface area (TPSA) is 111 Å². The lowest BCUT2D eigenvalue weighted by molar-refractivity contribution is 0.0603. The molecule has 0 N–H and O–H groups in total. The number of rotatable bonds is 7. The second-order valence-corrected chi connectivity index (χ2v) is 9.23. The van der Waals surface area contributed by atoms with E-state index in [-0.39, 0.29) is 18.1 Å². The van der Waals surface area contributed by atoms with Crippen molar-refractivity contribution in [2.24, 2.45) is 0 Å². The lowest BCUT2D eigenvalue weighted by atomic mass is 10.0. The lowest BCUT2D eigenvalue weighted by Gasteiger charge is -2.28. The van der Waals surface area contributed by atoms with Crippen molar-refractivity contribution < 1.29 is 23.4 Å². The van der Waals surface area contributed by atoms with E-state index in [4.69, 9.17) is 23.6 Å². The number of aryl methyl sites for hydroxylation is 1. The molecule has 1 saturated heterocycles. The third-order valence-electron chi connectivity index (χ3n) is 6.11. The molecule has 4 heterocycles. The number of methoxy groups -OCH3 is 1. The van der Waals surface area contributed by atoms with E-state index >= 15 is 0 Å². The molecule has 9 nitrogen and oxygen atoms in total. The van der Waals surface area contributed by atoms with Crippen LogP contribution in [0.4, 0.5) is 5.69 Å². The van der Waals surface area contributed by atoms with E-state index in [2.05, 4.69) is 28.1 Å². The van der Waals surface area contributed by atoms with E-state index in [1.165, 1.54) is 24.8 Å². The highest BCUT2D eigenvalue weighted by Gasteiger charge is 2.22. The smallest absolute Gasteiger partial charge is 0.348 e. The van der Waals surface area contributed by atoms with Crippen molar-refractivity contribution in [3.63, 3.8) is 0 Å². The molecule has 5 rings (SSSR count). The van der Waals surface area contributed by atoms with E-state index in [9.17, 15) is 10.1 Å². The number of ether oxygens (including phenoxy) is 3. The van der Waals surface area contributed by atoms with Gasteiger partial charge in [0, 0.05) is 35.5 Å². The summed E-state index contributed by atoms with van der Waals surface area (Å²) in [5.74, 6) is 0.181. The second-order valence-electron chi connectivity index (χ2n) is 8.32. The molecule has 37 heavy (non-hydrogen) atoms. The van der Waals surface area contributed by atoms with Crippen molar-refractivity contribution in [3.05, 3.63) is 69.9 Å². The van der Waals surface area contributed by atoms with Crippen molar-refractivity contribution in [3.8, 4) is 34.5 Å². The van der Waals surface area contributed by atoms with Gasteiger partial charge in [-0.05, 0) is 36.6 Å². The molecule has 188 valence electrons. The van der Waals surface area contributed by atoms with E-state index in [0.717, 1.165) is 24.3 Å². The van der Waals surface area contributed by atoms with Crippen LogP contribution in [-0.4, -0.2) is 49.4 Å². The van der Waals surface area contributed by atoms with Crippen LogP contribution in [0.1, 0.15) is 26.5 Å². The maximum Gasteiger partial charge on any atom is 0.348 e. The molecule has 10 heteroatoms. The summed E-state index contributed by atoms with van der Waals surface area (Å²) in [5.41, 5.74) is 4.64. The molecule has 0 spiro atoms. The average Bonchev–Trinajstić information content (AvgIpc) is 3.60. The van der Waals surface area contributed by atoms with Gasteiger partial charge in [-0.3, -0.25) is 0 Å². The van der Waals surface area contributed by atoms with Crippen LogP contribution in [0, 0.1) is 18.3 Å². The zero-order valence-corrected chi connectivity index (χ0v) is 21.2. The molecular formula is C27H24N4O5S. The van der Waals surface area contributed by atoms with Crippen LogP contribution < -0.4 is 9.64 Å². The number of esters is 1. The first-order chi connectivity index (χ1) is 18.1. The monoisotopic (exact) mass is 516 g/mol. The van der Waals surface area contributed by atoms with Gasteiger partial charge in [-0.2, -0.15) is 5.26 Å². The number of morpholine rings is 1.